The standard InChI is InChI=1S/C13H14N4O2/c1-16-6-9(5-15-16)12(18)7-17-8-14-11-4-2-3-10(11)13(17)19/h5-6,8H,2-4,7H2,1H3. The molecule has 6 heteroatoms. The van der Waals surface area contributed by atoms with Crippen LogP contribution in [0, 0.1) is 0 Å². The molecule has 0 saturated heterocycles. The number of hydrogen-bond acceptors (Lipinski definition) is 4. The Balaban J connectivity index is 1.88. The molecule has 0 saturated carbocycles. The lowest BCUT2D eigenvalue weighted by Crippen LogP contribution is -2.27. The van der Waals surface area contributed by atoms with Gasteiger partial charge < -0.3 is 0 Å². The zero-order valence-electron chi connectivity index (χ0n) is 10.7. The third kappa shape index (κ3) is 2.09. The van der Waals surface area contributed by atoms with Gasteiger partial charge in [-0.1, -0.05) is 0 Å². The Kier molecular flexibility index (Phi) is 2.77. The fourth-order valence-corrected chi connectivity index (χ4v) is 2.39. The van der Waals surface area contributed by atoms with Crippen molar-refractivity contribution in [2.75, 3.05) is 0 Å². The predicted molar refractivity (Wildman–Crippen MR) is 68.1 cm³/mol. The maximum absolute atomic E-state index is 12.2. The van der Waals surface area contributed by atoms with E-state index in [0.29, 0.717) is 5.56 Å². The summed E-state index contributed by atoms with van der Waals surface area (Å²) in [7, 11) is 1.75. The van der Waals surface area contributed by atoms with E-state index in [-0.39, 0.29) is 17.9 Å². The van der Waals surface area contributed by atoms with Crippen molar-refractivity contribution in [3.05, 3.63) is 45.9 Å². The average Bonchev–Trinajstić information content (AvgIpc) is 3.01. The fraction of sp³-hybridized carbons (Fsp3) is 0.385. The molecule has 0 spiro atoms. The normalized spacial score (nSPS) is 13.5. The van der Waals surface area contributed by atoms with Gasteiger partial charge in [0.25, 0.3) is 5.56 Å². The van der Waals surface area contributed by atoms with Crippen molar-refractivity contribution in [1.29, 1.82) is 0 Å². The lowest BCUT2D eigenvalue weighted by Gasteiger charge is -2.05. The molecule has 98 valence electrons. The van der Waals surface area contributed by atoms with Crippen molar-refractivity contribution in [2.45, 2.75) is 25.8 Å². The van der Waals surface area contributed by atoms with Crippen molar-refractivity contribution in [3.63, 3.8) is 0 Å². The molecule has 3 rings (SSSR count). The van der Waals surface area contributed by atoms with Gasteiger partial charge in [-0.2, -0.15) is 5.10 Å². The highest BCUT2D eigenvalue weighted by Crippen LogP contribution is 2.15. The highest BCUT2D eigenvalue weighted by molar-refractivity contribution is 5.95. The summed E-state index contributed by atoms with van der Waals surface area (Å²) in [6, 6.07) is 0. The number of ketones is 1. The van der Waals surface area contributed by atoms with Crippen molar-refractivity contribution < 1.29 is 4.79 Å². The molecule has 0 bridgehead atoms. The van der Waals surface area contributed by atoms with E-state index in [1.165, 1.54) is 17.1 Å². The Hall–Kier alpha value is -2.24. The molecule has 0 N–H and O–H groups in total. The monoisotopic (exact) mass is 258 g/mol. The number of hydrogen-bond donors (Lipinski definition) is 0. The molecule has 1 aliphatic rings. The number of carbonyl (C=O) groups excluding carboxylic acids is 1. The summed E-state index contributed by atoms with van der Waals surface area (Å²) < 4.78 is 2.95. The second-order valence-electron chi connectivity index (χ2n) is 4.78. The minimum atomic E-state index is -0.130. The lowest BCUT2D eigenvalue weighted by atomic mass is 10.2. The largest absolute Gasteiger partial charge is 0.292 e. The van der Waals surface area contributed by atoms with E-state index in [4.69, 9.17) is 0 Å². The van der Waals surface area contributed by atoms with Gasteiger partial charge in [0, 0.05) is 18.8 Å². The SMILES string of the molecule is Cn1cc(C(=O)Cn2cnc3c(c2=O)CCC3)cn1. The first-order chi connectivity index (χ1) is 9.15. The van der Waals surface area contributed by atoms with Gasteiger partial charge in [0.1, 0.15) is 0 Å². The van der Waals surface area contributed by atoms with Crippen molar-refractivity contribution in [2.24, 2.45) is 7.05 Å². The Morgan fingerprint density at radius 2 is 2.26 bits per heavy atom. The van der Waals surface area contributed by atoms with E-state index in [9.17, 15) is 9.59 Å². The van der Waals surface area contributed by atoms with Gasteiger partial charge >= 0.3 is 0 Å². The molecule has 0 aromatic carbocycles. The molecule has 0 atom stereocenters. The molecule has 6 nitrogen and oxygen atoms in total. The molecule has 2 heterocycles. The van der Waals surface area contributed by atoms with Crippen molar-refractivity contribution >= 4 is 5.78 Å². The van der Waals surface area contributed by atoms with Crippen LogP contribution in [0.3, 0.4) is 0 Å². The lowest BCUT2D eigenvalue weighted by molar-refractivity contribution is 0.0970. The van der Waals surface area contributed by atoms with Gasteiger partial charge in [0.05, 0.1) is 30.3 Å². The Labute approximate surface area is 109 Å². The predicted octanol–water partition coefficient (Wildman–Crippen LogP) is 0.348. The highest BCUT2D eigenvalue weighted by Gasteiger charge is 2.18. The molecular weight excluding hydrogens is 244 g/mol. The molecule has 1 aliphatic carbocycles. The molecule has 2 aromatic rings. The van der Waals surface area contributed by atoms with Crippen LogP contribution in [0.5, 0.6) is 0 Å². The first-order valence-corrected chi connectivity index (χ1v) is 6.24. The van der Waals surface area contributed by atoms with Gasteiger partial charge in [0.2, 0.25) is 0 Å². The zero-order chi connectivity index (χ0) is 13.4. The number of fused-ring (bicyclic) bond motifs is 1. The van der Waals surface area contributed by atoms with Gasteiger partial charge in [-0.3, -0.25) is 18.8 Å². The van der Waals surface area contributed by atoms with Crippen molar-refractivity contribution in [3.8, 4) is 0 Å². The van der Waals surface area contributed by atoms with E-state index in [0.717, 1.165) is 30.5 Å². The van der Waals surface area contributed by atoms with Crippen LogP contribution in [0.2, 0.25) is 0 Å². The third-order valence-corrected chi connectivity index (χ3v) is 3.40. The Morgan fingerprint density at radius 1 is 1.42 bits per heavy atom. The second-order valence-corrected chi connectivity index (χ2v) is 4.78. The maximum atomic E-state index is 12.2. The minimum absolute atomic E-state index is 0.0187. The minimum Gasteiger partial charge on any atom is -0.292 e. The summed E-state index contributed by atoms with van der Waals surface area (Å²) in [4.78, 5) is 28.5. The Morgan fingerprint density at radius 3 is 3.00 bits per heavy atom. The molecule has 19 heavy (non-hydrogen) atoms. The van der Waals surface area contributed by atoms with Crippen molar-refractivity contribution in [1.82, 2.24) is 19.3 Å². The van der Waals surface area contributed by atoms with Gasteiger partial charge in [0.15, 0.2) is 5.78 Å². The first-order valence-electron chi connectivity index (χ1n) is 6.24. The quantitative estimate of drug-likeness (QED) is 0.745. The molecule has 2 aromatic heterocycles. The number of Topliss-reactive ketones (excluding diaryl/α,β-unsaturated/α-hetero) is 1. The first kappa shape index (κ1) is 11.8. The summed E-state index contributed by atoms with van der Waals surface area (Å²) in [6.07, 6.45) is 7.23. The molecule has 0 radical (unpaired) electrons. The zero-order valence-corrected chi connectivity index (χ0v) is 10.7. The van der Waals surface area contributed by atoms with Crippen LogP contribution in [-0.2, 0) is 26.4 Å². The van der Waals surface area contributed by atoms with Gasteiger partial charge in [-0.15, -0.1) is 0 Å². The third-order valence-electron chi connectivity index (χ3n) is 3.40. The number of nitrogens with zero attached hydrogens (tertiary/aromatic N) is 4. The van der Waals surface area contributed by atoms with Crippen LogP contribution in [0.15, 0.2) is 23.5 Å². The van der Waals surface area contributed by atoms with Crippen LogP contribution in [0.1, 0.15) is 28.0 Å². The van der Waals surface area contributed by atoms with Crippen LogP contribution in [-0.4, -0.2) is 25.1 Å². The Bertz CT molecular complexity index is 699. The highest BCUT2D eigenvalue weighted by atomic mass is 16.1. The van der Waals surface area contributed by atoms with Crippen LogP contribution in [0.4, 0.5) is 0 Å². The van der Waals surface area contributed by atoms with Gasteiger partial charge in [-0.25, -0.2) is 4.98 Å². The topological polar surface area (TPSA) is 69.8 Å². The van der Waals surface area contributed by atoms with Crippen LogP contribution >= 0.6 is 0 Å². The van der Waals surface area contributed by atoms with Gasteiger partial charge in [-0.05, 0) is 19.3 Å². The summed E-state index contributed by atoms with van der Waals surface area (Å²) >= 11 is 0. The van der Waals surface area contributed by atoms with E-state index >= 15 is 0 Å². The number of rotatable bonds is 3. The van der Waals surface area contributed by atoms with Crippen LogP contribution in [0.25, 0.3) is 0 Å². The van der Waals surface area contributed by atoms with E-state index in [1.807, 2.05) is 0 Å². The average molecular weight is 258 g/mol. The summed E-state index contributed by atoms with van der Waals surface area (Å²) in [5.74, 6) is -0.130. The van der Waals surface area contributed by atoms with Crippen LogP contribution < -0.4 is 5.56 Å². The maximum Gasteiger partial charge on any atom is 0.257 e. The summed E-state index contributed by atoms with van der Waals surface area (Å²) in [6.45, 7) is 0.0187. The summed E-state index contributed by atoms with van der Waals surface area (Å²) in [5.41, 5.74) is 2.08. The molecule has 0 unspecified atom stereocenters. The number of carbonyl (C=O) groups is 1. The van der Waals surface area contributed by atoms with E-state index in [2.05, 4.69) is 10.1 Å². The molecule has 0 fully saturated rings. The number of aromatic nitrogens is 4. The van der Waals surface area contributed by atoms with E-state index in [1.54, 1.807) is 17.9 Å². The molecule has 0 aliphatic heterocycles. The molecule has 0 amide bonds. The second kappa shape index (κ2) is 4.46. The summed E-state index contributed by atoms with van der Waals surface area (Å²) in [5, 5.41) is 3.95. The number of aryl methyl sites for hydroxylation is 2. The van der Waals surface area contributed by atoms with E-state index < -0.39 is 0 Å². The fourth-order valence-electron chi connectivity index (χ4n) is 2.39. The smallest absolute Gasteiger partial charge is 0.257 e. The molecular formula is C13H14N4O2.